The Morgan fingerprint density at radius 2 is 2.08 bits per heavy atom. The number of nitrogens with zero attached hydrogens (tertiary/aromatic N) is 4. The van der Waals surface area contributed by atoms with Crippen molar-refractivity contribution >= 4 is 28.2 Å². The van der Waals surface area contributed by atoms with Crippen molar-refractivity contribution in [1.29, 1.82) is 0 Å². The second kappa shape index (κ2) is 8.37. The molecule has 0 unspecified atom stereocenters. The largest absolute Gasteiger partial charge is 0.306 e. The number of amides is 1. The maximum absolute atomic E-state index is 13.1. The number of aromatic nitrogens is 3. The lowest BCUT2D eigenvalue weighted by Crippen LogP contribution is -2.25. The predicted molar refractivity (Wildman–Crippen MR) is 102 cm³/mol. The van der Waals surface area contributed by atoms with Gasteiger partial charge in [-0.3, -0.25) is 10.1 Å². The number of fused-ring (bicyclic) bond motifs is 1. The zero-order valence-electron chi connectivity index (χ0n) is 14.9. The monoisotopic (exact) mass is 375 g/mol. The van der Waals surface area contributed by atoms with E-state index in [0.29, 0.717) is 23.9 Å². The lowest BCUT2D eigenvalue weighted by Gasteiger charge is -2.15. The number of anilines is 1. The van der Waals surface area contributed by atoms with Gasteiger partial charge in [0.2, 0.25) is 16.8 Å². The first-order chi connectivity index (χ1) is 12.6. The molecule has 0 spiro atoms. The fourth-order valence-electron chi connectivity index (χ4n) is 2.57. The summed E-state index contributed by atoms with van der Waals surface area (Å²) in [6, 6.07) is 6.22. The van der Waals surface area contributed by atoms with Crippen LogP contribution in [0.25, 0.3) is 16.2 Å². The van der Waals surface area contributed by atoms with E-state index >= 15 is 0 Å². The molecule has 0 aliphatic rings. The third-order valence-corrected chi connectivity index (χ3v) is 4.90. The van der Waals surface area contributed by atoms with E-state index in [2.05, 4.69) is 27.2 Å². The van der Waals surface area contributed by atoms with Crippen LogP contribution in [0, 0.1) is 5.82 Å². The Morgan fingerprint density at radius 3 is 2.81 bits per heavy atom. The van der Waals surface area contributed by atoms with Crippen LogP contribution in [0.15, 0.2) is 29.6 Å². The van der Waals surface area contributed by atoms with Gasteiger partial charge in [0.1, 0.15) is 5.82 Å². The molecule has 6 nitrogen and oxygen atoms in total. The summed E-state index contributed by atoms with van der Waals surface area (Å²) in [7, 11) is 2.02. The molecule has 1 amide bonds. The van der Waals surface area contributed by atoms with Gasteiger partial charge in [-0.25, -0.2) is 8.91 Å². The minimum Gasteiger partial charge on any atom is -0.306 e. The highest BCUT2D eigenvalue weighted by Crippen LogP contribution is 2.26. The Hall–Kier alpha value is -2.32. The van der Waals surface area contributed by atoms with Crippen molar-refractivity contribution in [2.45, 2.75) is 26.2 Å². The average Bonchev–Trinajstić information content (AvgIpc) is 3.19. The normalized spacial score (nSPS) is 11.4. The Labute approximate surface area is 155 Å². The molecule has 0 atom stereocenters. The summed E-state index contributed by atoms with van der Waals surface area (Å²) in [5.41, 5.74) is 1.66. The van der Waals surface area contributed by atoms with E-state index in [1.54, 1.807) is 16.6 Å². The lowest BCUT2D eigenvalue weighted by atomic mass is 10.2. The SMILES string of the molecule is CCCCN(C)CCC(=O)Nc1nc2scc(-c3ccc(F)cc3)n2n1. The molecule has 0 aliphatic heterocycles. The molecule has 0 radical (unpaired) electrons. The summed E-state index contributed by atoms with van der Waals surface area (Å²) < 4.78 is 14.8. The molecule has 1 N–H and O–H groups in total. The molecule has 3 rings (SSSR count). The number of hydrogen-bond acceptors (Lipinski definition) is 5. The molecule has 2 aromatic heterocycles. The van der Waals surface area contributed by atoms with E-state index in [1.165, 1.54) is 23.5 Å². The van der Waals surface area contributed by atoms with Crippen molar-refractivity contribution in [3.05, 3.63) is 35.5 Å². The van der Waals surface area contributed by atoms with Crippen molar-refractivity contribution in [1.82, 2.24) is 19.5 Å². The van der Waals surface area contributed by atoms with E-state index < -0.39 is 0 Å². The first-order valence-electron chi connectivity index (χ1n) is 8.65. The number of rotatable bonds is 8. The number of nitrogens with one attached hydrogen (secondary N) is 1. The van der Waals surface area contributed by atoms with E-state index in [4.69, 9.17) is 0 Å². The Morgan fingerprint density at radius 1 is 1.31 bits per heavy atom. The molecule has 3 aromatic rings. The van der Waals surface area contributed by atoms with E-state index in [9.17, 15) is 9.18 Å². The molecule has 0 saturated heterocycles. The van der Waals surface area contributed by atoms with Crippen LogP contribution < -0.4 is 5.32 Å². The zero-order valence-corrected chi connectivity index (χ0v) is 15.7. The highest BCUT2D eigenvalue weighted by atomic mass is 32.1. The number of hydrogen-bond donors (Lipinski definition) is 1. The molecular weight excluding hydrogens is 353 g/mol. The third kappa shape index (κ3) is 4.44. The highest BCUT2D eigenvalue weighted by Gasteiger charge is 2.13. The first kappa shape index (κ1) is 18.5. The highest BCUT2D eigenvalue weighted by molar-refractivity contribution is 7.15. The quantitative estimate of drug-likeness (QED) is 0.653. The molecule has 8 heteroatoms. The topological polar surface area (TPSA) is 62.5 Å². The summed E-state index contributed by atoms with van der Waals surface area (Å²) in [4.78, 5) is 19.3. The number of halogens is 1. The van der Waals surface area contributed by atoms with Crippen molar-refractivity contribution in [2.24, 2.45) is 0 Å². The van der Waals surface area contributed by atoms with Gasteiger partial charge < -0.3 is 4.90 Å². The third-order valence-electron chi connectivity index (χ3n) is 4.09. The van der Waals surface area contributed by atoms with Gasteiger partial charge in [-0.2, -0.15) is 4.98 Å². The Bertz CT molecular complexity index is 873. The van der Waals surface area contributed by atoms with Crippen LogP contribution in [0.1, 0.15) is 26.2 Å². The van der Waals surface area contributed by atoms with Crippen LogP contribution >= 0.6 is 11.3 Å². The standard InChI is InChI=1S/C18H22FN5OS/c1-3-4-10-23(2)11-9-16(25)20-17-21-18-24(22-17)15(12-26-18)13-5-7-14(19)8-6-13/h5-8,12H,3-4,9-11H2,1-2H3,(H,20,22,25). The molecule has 0 saturated carbocycles. The van der Waals surface area contributed by atoms with Gasteiger partial charge in [-0.05, 0) is 44.3 Å². The van der Waals surface area contributed by atoms with Crippen LogP contribution in [0.5, 0.6) is 0 Å². The molecule has 0 aliphatic carbocycles. The summed E-state index contributed by atoms with van der Waals surface area (Å²) >= 11 is 1.42. The smallest absolute Gasteiger partial charge is 0.250 e. The Kier molecular flexibility index (Phi) is 5.95. The van der Waals surface area contributed by atoms with Crippen molar-refractivity contribution < 1.29 is 9.18 Å². The predicted octanol–water partition coefficient (Wildman–Crippen LogP) is 3.66. The lowest BCUT2D eigenvalue weighted by molar-refractivity contribution is -0.116. The van der Waals surface area contributed by atoms with Crippen LogP contribution in [0.4, 0.5) is 10.3 Å². The fourth-order valence-corrected chi connectivity index (χ4v) is 3.40. The summed E-state index contributed by atoms with van der Waals surface area (Å²) in [5, 5.41) is 9.03. The van der Waals surface area contributed by atoms with Crippen LogP contribution in [0.2, 0.25) is 0 Å². The molecular formula is C18H22FN5OS. The van der Waals surface area contributed by atoms with Gasteiger partial charge >= 0.3 is 0 Å². The summed E-state index contributed by atoms with van der Waals surface area (Å²) in [6.07, 6.45) is 2.67. The summed E-state index contributed by atoms with van der Waals surface area (Å²) in [5.74, 6) is -0.0907. The van der Waals surface area contributed by atoms with Crippen molar-refractivity contribution in [3.8, 4) is 11.3 Å². The zero-order chi connectivity index (χ0) is 18.5. The number of carbonyl (C=O) groups excluding carboxylic acids is 1. The molecule has 26 heavy (non-hydrogen) atoms. The maximum Gasteiger partial charge on any atom is 0.250 e. The van der Waals surface area contributed by atoms with Gasteiger partial charge in [-0.15, -0.1) is 16.4 Å². The van der Waals surface area contributed by atoms with E-state index in [-0.39, 0.29) is 11.7 Å². The average molecular weight is 375 g/mol. The van der Waals surface area contributed by atoms with Crippen LogP contribution in [-0.2, 0) is 4.79 Å². The maximum atomic E-state index is 13.1. The first-order valence-corrected chi connectivity index (χ1v) is 9.53. The minimum atomic E-state index is -0.282. The number of carbonyl (C=O) groups is 1. The summed E-state index contributed by atoms with van der Waals surface area (Å²) in [6.45, 7) is 3.84. The van der Waals surface area contributed by atoms with Crippen LogP contribution in [0.3, 0.4) is 0 Å². The minimum absolute atomic E-state index is 0.102. The van der Waals surface area contributed by atoms with E-state index in [1.807, 2.05) is 12.4 Å². The molecule has 0 bridgehead atoms. The van der Waals surface area contributed by atoms with Gasteiger partial charge in [0.25, 0.3) is 0 Å². The van der Waals surface area contributed by atoms with E-state index in [0.717, 1.165) is 30.6 Å². The van der Waals surface area contributed by atoms with Crippen molar-refractivity contribution in [2.75, 3.05) is 25.5 Å². The number of thiazole rings is 1. The van der Waals surface area contributed by atoms with Gasteiger partial charge in [0.05, 0.1) is 5.69 Å². The van der Waals surface area contributed by atoms with Crippen molar-refractivity contribution in [3.63, 3.8) is 0 Å². The number of unbranched alkanes of at least 4 members (excludes halogenated alkanes) is 1. The van der Waals surface area contributed by atoms with Gasteiger partial charge in [-0.1, -0.05) is 13.3 Å². The van der Waals surface area contributed by atoms with Crippen LogP contribution in [-0.4, -0.2) is 45.5 Å². The molecule has 1 aromatic carbocycles. The fraction of sp³-hybridized carbons (Fsp3) is 0.389. The molecule has 2 heterocycles. The Balaban J connectivity index is 1.64. The second-order valence-electron chi connectivity index (χ2n) is 6.21. The molecule has 138 valence electrons. The number of benzene rings is 1. The van der Waals surface area contributed by atoms with Gasteiger partial charge in [0, 0.05) is 23.9 Å². The van der Waals surface area contributed by atoms with Gasteiger partial charge in [0.15, 0.2) is 0 Å². The second-order valence-corrected chi connectivity index (χ2v) is 7.05. The molecule has 0 fully saturated rings.